The minimum atomic E-state index is -0.349. The van der Waals surface area contributed by atoms with E-state index in [4.69, 9.17) is 9.47 Å². The quantitative estimate of drug-likeness (QED) is 0.442. The lowest BCUT2D eigenvalue weighted by Gasteiger charge is -2.57. The molecule has 0 heterocycles. The molecule has 4 fully saturated rings. The summed E-state index contributed by atoms with van der Waals surface area (Å²) in [6, 6.07) is 11.9. The van der Waals surface area contributed by atoms with Gasteiger partial charge in [0.05, 0.1) is 13.7 Å². The van der Waals surface area contributed by atoms with E-state index in [9.17, 15) is 9.90 Å². The second kappa shape index (κ2) is 8.31. The lowest BCUT2D eigenvalue weighted by atomic mass is 9.48. The Morgan fingerprint density at radius 2 is 1.75 bits per heavy atom. The van der Waals surface area contributed by atoms with Crippen LogP contribution >= 0.6 is 0 Å². The van der Waals surface area contributed by atoms with Gasteiger partial charge in [-0.3, -0.25) is 0 Å². The minimum Gasteiger partial charge on any atom is -0.508 e. The number of methoxy groups -OCH3 is 1. The van der Waals surface area contributed by atoms with Gasteiger partial charge in [-0.05, 0) is 110 Å². The number of carbonyl (C=O) groups is 1. The van der Waals surface area contributed by atoms with Crippen LogP contribution in [0.4, 0.5) is 0 Å². The Morgan fingerprint density at radius 1 is 1.06 bits per heavy atom. The van der Waals surface area contributed by atoms with Gasteiger partial charge in [0.2, 0.25) is 0 Å². The second-order valence-corrected chi connectivity index (χ2v) is 9.97. The number of phenols is 1. The highest BCUT2D eigenvalue weighted by Crippen LogP contribution is 2.62. The summed E-state index contributed by atoms with van der Waals surface area (Å²) in [6.07, 6.45) is 11.0. The van der Waals surface area contributed by atoms with Gasteiger partial charge in [0.15, 0.2) is 0 Å². The van der Waals surface area contributed by atoms with Gasteiger partial charge in [0.1, 0.15) is 11.5 Å². The van der Waals surface area contributed by atoms with Crippen LogP contribution in [0.5, 0.6) is 11.5 Å². The molecule has 0 aromatic heterocycles. The van der Waals surface area contributed by atoms with Crippen LogP contribution < -0.4 is 4.74 Å². The SMILES string of the molecule is CCOC(=O)/C=C/c1ccc(OC)c(-c2ccc(O)c(C34CC5CC(CC(C5)C3)C4)c2)c1. The maximum atomic E-state index is 11.7. The number of carbonyl (C=O) groups excluding carboxylic acids is 1. The zero-order chi connectivity index (χ0) is 22.3. The van der Waals surface area contributed by atoms with Gasteiger partial charge >= 0.3 is 5.97 Å². The Labute approximate surface area is 190 Å². The van der Waals surface area contributed by atoms with Crippen LogP contribution in [0.1, 0.15) is 56.6 Å². The summed E-state index contributed by atoms with van der Waals surface area (Å²) in [6.45, 7) is 2.15. The summed E-state index contributed by atoms with van der Waals surface area (Å²) in [5.74, 6) is 3.30. The van der Waals surface area contributed by atoms with E-state index in [0.717, 1.165) is 45.8 Å². The van der Waals surface area contributed by atoms with Crippen molar-refractivity contribution in [1.29, 1.82) is 0 Å². The number of esters is 1. The molecular formula is C28H32O4. The fourth-order valence-corrected chi connectivity index (χ4v) is 6.98. The molecule has 4 heteroatoms. The molecule has 6 rings (SSSR count). The van der Waals surface area contributed by atoms with Crippen molar-refractivity contribution in [1.82, 2.24) is 0 Å². The molecular weight excluding hydrogens is 400 g/mol. The van der Waals surface area contributed by atoms with Gasteiger partial charge in [-0.25, -0.2) is 4.79 Å². The summed E-state index contributed by atoms with van der Waals surface area (Å²) < 4.78 is 10.7. The predicted octanol–water partition coefficient (Wildman–Crippen LogP) is 6.11. The molecule has 2 aromatic rings. The third-order valence-corrected chi connectivity index (χ3v) is 7.84. The van der Waals surface area contributed by atoms with Gasteiger partial charge in [0, 0.05) is 17.2 Å². The fraction of sp³-hybridized carbons (Fsp3) is 0.464. The molecule has 0 aliphatic heterocycles. The maximum absolute atomic E-state index is 11.7. The van der Waals surface area contributed by atoms with Gasteiger partial charge in [0.25, 0.3) is 0 Å². The molecule has 4 aliphatic rings. The zero-order valence-electron chi connectivity index (χ0n) is 19.0. The summed E-state index contributed by atoms with van der Waals surface area (Å²) in [5, 5.41) is 10.9. The standard InChI is InChI=1S/C28H32O4/c1-3-32-27(30)9-5-18-4-8-26(31-2)23(13-18)22-6-7-25(29)24(14-22)28-15-19-10-20(16-28)12-21(11-19)17-28/h4-9,13-14,19-21,29H,3,10-12,15-17H2,1-2H3/b9-5+. The number of aromatic hydroxyl groups is 1. The summed E-state index contributed by atoms with van der Waals surface area (Å²) >= 11 is 0. The molecule has 4 saturated carbocycles. The largest absolute Gasteiger partial charge is 0.508 e. The minimum absolute atomic E-state index is 0.115. The number of ether oxygens (including phenoxy) is 2. The van der Waals surface area contributed by atoms with Crippen LogP contribution in [0.3, 0.4) is 0 Å². The van der Waals surface area contributed by atoms with Crippen LogP contribution in [0, 0.1) is 17.8 Å². The molecule has 0 spiro atoms. The Balaban J connectivity index is 1.52. The first-order valence-electron chi connectivity index (χ1n) is 11.9. The van der Waals surface area contributed by atoms with Crippen LogP contribution in [0.2, 0.25) is 0 Å². The van der Waals surface area contributed by atoms with E-state index in [1.807, 2.05) is 30.3 Å². The highest BCUT2D eigenvalue weighted by atomic mass is 16.5. The molecule has 2 aromatic carbocycles. The van der Waals surface area contributed by atoms with E-state index in [2.05, 4.69) is 6.07 Å². The number of rotatable bonds is 6. The molecule has 0 atom stereocenters. The van der Waals surface area contributed by atoms with E-state index in [-0.39, 0.29) is 11.4 Å². The third-order valence-electron chi connectivity index (χ3n) is 7.84. The van der Waals surface area contributed by atoms with Crippen molar-refractivity contribution in [2.24, 2.45) is 17.8 Å². The van der Waals surface area contributed by atoms with Gasteiger partial charge < -0.3 is 14.6 Å². The zero-order valence-corrected chi connectivity index (χ0v) is 19.0. The number of hydrogen-bond acceptors (Lipinski definition) is 4. The van der Waals surface area contributed by atoms with Crippen LogP contribution in [-0.4, -0.2) is 24.8 Å². The van der Waals surface area contributed by atoms with Gasteiger partial charge in [-0.15, -0.1) is 0 Å². The second-order valence-electron chi connectivity index (χ2n) is 9.97. The molecule has 0 saturated heterocycles. The highest BCUT2D eigenvalue weighted by molar-refractivity contribution is 5.87. The molecule has 32 heavy (non-hydrogen) atoms. The first-order chi connectivity index (χ1) is 15.5. The molecule has 4 aliphatic carbocycles. The van der Waals surface area contributed by atoms with Crippen molar-refractivity contribution >= 4 is 12.0 Å². The first kappa shape index (κ1) is 21.1. The number of phenolic OH excluding ortho intramolecular Hbond substituents is 1. The normalized spacial score (nSPS) is 28.2. The molecule has 4 nitrogen and oxygen atoms in total. The Morgan fingerprint density at radius 3 is 2.38 bits per heavy atom. The maximum Gasteiger partial charge on any atom is 0.330 e. The molecule has 0 unspecified atom stereocenters. The Kier molecular flexibility index (Phi) is 5.48. The molecule has 0 amide bonds. The predicted molar refractivity (Wildman–Crippen MR) is 126 cm³/mol. The fourth-order valence-electron chi connectivity index (χ4n) is 6.98. The van der Waals surface area contributed by atoms with Crippen molar-refractivity contribution in [2.75, 3.05) is 13.7 Å². The monoisotopic (exact) mass is 432 g/mol. The van der Waals surface area contributed by atoms with E-state index in [0.29, 0.717) is 12.4 Å². The summed E-state index contributed by atoms with van der Waals surface area (Å²) in [7, 11) is 1.67. The molecule has 1 N–H and O–H groups in total. The molecule has 0 radical (unpaired) electrons. The highest BCUT2D eigenvalue weighted by Gasteiger charge is 2.52. The molecule has 4 bridgehead atoms. The van der Waals surface area contributed by atoms with Gasteiger partial charge in [-0.1, -0.05) is 12.1 Å². The first-order valence-corrected chi connectivity index (χ1v) is 11.9. The van der Waals surface area contributed by atoms with E-state index < -0.39 is 0 Å². The van der Waals surface area contributed by atoms with Crippen molar-refractivity contribution in [3.05, 3.63) is 53.6 Å². The van der Waals surface area contributed by atoms with Crippen molar-refractivity contribution in [3.8, 4) is 22.6 Å². The average Bonchev–Trinajstić information content (AvgIpc) is 2.77. The average molecular weight is 433 g/mol. The van der Waals surface area contributed by atoms with Crippen molar-refractivity contribution in [3.63, 3.8) is 0 Å². The third kappa shape index (κ3) is 3.80. The van der Waals surface area contributed by atoms with Gasteiger partial charge in [-0.2, -0.15) is 0 Å². The summed E-state index contributed by atoms with van der Waals surface area (Å²) in [4.78, 5) is 11.7. The number of hydrogen-bond donors (Lipinski definition) is 1. The van der Waals surface area contributed by atoms with Crippen molar-refractivity contribution < 1.29 is 19.4 Å². The number of benzene rings is 2. The smallest absolute Gasteiger partial charge is 0.330 e. The van der Waals surface area contributed by atoms with E-state index >= 15 is 0 Å². The lowest BCUT2D eigenvalue weighted by molar-refractivity contribution is -0.137. The summed E-state index contributed by atoms with van der Waals surface area (Å²) in [5.41, 5.74) is 4.13. The lowest BCUT2D eigenvalue weighted by Crippen LogP contribution is -2.48. The van der Waals surface area contributed by atoms with E-state index in [1.54, 1.807) is 20.1 Å². The van der Waals surface area contributed by atoms with Crippen LogP contribution in [-0.2, 0) is 14.9 Å². The van der Waals surface area contributed by atoms with Crippen LogP contribution in [0.15, 0.2) is 42.5 Å². The van der Waals surface area contributed by atoms with Crippen LogP contribution in [0.25, 0.3) is 17.2 Å². The van der Waals surface area contributed by atoms with E-state index in [1.165, 1.54) is 44.6 Å². The topological polar surface area (TPSA) is 55.8 Å². The molecule has 168 valence electrons. The van der Waals surface area contributed by atoms with Crippen molar-refractivity contribution in [2.45, 2.75) is 50.9 Å². The Hall–Kier alpha value is -2.75. The Bertz CT molecular complexity index is 1020.